The fourth-order valence-electron chi connectivity index (χ4n) is 2.24. The molecular weight excluding hydrogens is 260 g/mol. The van der Waals surface area contributed by atoms with Crippen LogP contribution in [0.3, 0.4) is 0 Å². The number of hydrogen-bond acceptors (Lipinski definition) is 2. The Morgan fingerprint density at radius 1 is 0.789 bits per heavy atom. The van der Waals surface area contributed by atoms with Gasteiger partial charge in [-0.15, -0.1) is 0 Å². The molecule has 4 nitrogen and oxygen atoms in total. The van der Waals surface area contributed by atoms with Gasteiger partial charge in [-0.3, -0.25) is 0 Å². The lowest BCUT2D eigenvalue weighted by molar-refractivity contribution is 0.411. The molecule has 0 rings (SSSR count). The molecule has 5 heteroatoms. The summed E-state index contributed by atoms with van der Waals surface area (Å²) in [7, 11) is -3.49. The molecule has 2 N–H and O–H groups in total. The van der Waals surface area contributed by atoms with E-state index in [-0.39, 0.29) is 0 Å². The molecule has 0 amide bonds. The third kappa shape index (κ3) is 11.4. The van der Waals surface area contributed by atoms with E-state index in [9.17, 15) is 8.42 Å². The van der Waals surface area contributed by atoms with Crippen LogP contribution in [0.4, 0.5) is 0 Å². The van der Waals surface area contributed by atoms with Crippen molar-refractivity contribution < 1.29 is 8.42 Å². The van der Waals surface area contributed by atoms with E-state index in [0.717, 1.165) is 12.8 Å². The van der Waals surface area contributed by atoms with Gasteiger partial charge in [0.25, 0.3) is 10.2 Å². The van der Waals surface area contributed by atoms with Crippen molar-refractivity contribution in [1.29, 1.82) is 0 Å². The summed E-state index contributed by atoms with van der Waals surface area (Å²) in [5, 5.41) is 5.11. The van der Waals surface area contributed by atoms with Crippen molar-refractivity contribution in [3.8, 4) is 0 Å². The van der Waals surface area contributed by atoms with Gasteiger partial charge in [0.05, 0.1) is 0 Å². The number of hydrogen-bond donors (Lipinski definition) is 1. The summed E-state index contributed by atoms with van der Waals surface area (Å²) in [6.45, 7) is 5.09. The number of nitrogens with two attached hydrogens (primary N) is 1. The van der Waals surface area contributed by atoms with E-state index in [1.54, 1.807) is 0 Å². The molecule has 0 atom stereocenters. The summed E-state index contributed by atoms with van der Waals surface area (Å²) in [4.78, 5) is 0. The molecule has 0 aromatic heterocycles. The fourth-order valence-corrected chi connectivity index (χ4v) is 2.98. The Balaban J connectivity index is 3.35. The van der Waals surface area contributed by atoms with Crippen LogP contribution in [0.1, 0.15) is 78.1 Å². The fraction of sp³-hybridized carbons (Fsp3) is 1.00. The highest BCUT2D eigenvalue weighted by Gasteiger charge is 2.13. The van der Waals surface area contributed by atoms with Crippen molar-refractivity contribution in [3.63, 3.8) is 0 Å². The van der Waals surface area contributed by atoms with Crippen molar-refractivity contribution in [2.75, 3.05) is 13.1 Å². The smallest absolute Gasteiger partial charge is 0.216 e. The molecule has 0 radical (unpaired) electrons. The zero-order chi connectivity index (χ0) is 14.6. The molecule has 0 aliphatic rings. The number of nitrogens with zero attached hydrogens (tertiary/aromatic N) is 1. The number of unbranched alkanes of at least 4 members (excludes halogenated alkanes) is 9. The van der Waals surface area contributed by atoms with E-state index in [2.05, 4.69) is 6.92 Å². The molecule has 0 fully saturated rings. The lowest BCUT2D eigenvalue weighted by Gasteiger charge is -2.16. The third-order valence-electron chi connectivity index (χ3n) is 3.47. The van der Waals surface area contributed by atoms with Gasteiger partial charge in [-0.1, -0.05) is 71.6 Å². The van der Waals surface area contributed by atoms with E-state index in [0.29, 0.717) is 13.1 Å². The average molecular weight is 292 g/mol. The maximum Gasteiger partial charge on any atom is 0.276 e. The molecule has 0 heterocycles. The van der Waals surface area contributed by atoms with Crippen LogP contribution >= 0.6 is 0 Å². The van der Waals surface area contributed by atoms with Crippen LogP contribution in [-0.2, 0) is 10.2 Å². The maximum atomic E-state index is 11.2. The maximum absolute atomic E-state index is 11.2. The highest BCUT2D eigenvalue weighted by atomic mass is 32.2. The van der Waals surface area contributed by atoms with Crippen molar-refractivity contribution in [3.05, 3.63) is 0 Å². The molecule has 0 aliphatic heterocycles. The van der Waals surface area contributed by atoms with Gasteiger partial charge < -0.3 is 0 Å². The molecule has 0 spiro atoms. The van der Waals surface area contributed by atoms with Gasteiger partial charge in [0.2, 0.25) is 0 Å². The van der Waals surface area contributed by atoms with Crippen LogP contribution in [0.2, 0.25) is 0 Å². The zero-order valence-electron chi connectivity index (χ0n) is 12.7. The molecule has 19 heavy (non-hydrogen) atoms. The molecule has 0 aromatic rings. The predicted octanol–water partition coefficient (Wildman–Crippen LogP) is 3.43. The van der Waals surface area contributed by atoms with Gasteiger partial charge in [-0.05, 0) is 6.42 Å². The second-order valence-electron chi connectivity index (χ2n) is 5.22. The Hall–Kier alpha value is -0.130. The van der Waals surface area contributed by atoms with Crippen LogP contribution in [0.5, 0.6) is 0 Å². The molecular formula is C14H32N2O2S. The van der Waals surface area contributed by atoms with Crippen molar-refractivity contribution in [1.82, 2.24) is 4.31 Å². The highest BCUT2D eigenvalue weighted by molar-refractivity contribution is 7.86. The summed E-state index contributed by atoms with van der Waals surface area (Å²) in [6.07, 6.45) is 12.6. The Morgan fingerprint density at radius 2 is 1.21 bits per heavy atom. The van der Waals surface area contributed by atoms with Crippen molar-refractivity contribution in [2.24, 2.45) is 5.14 Å². The quantitative estimate of drug-likeness (QED) is 0.529. The first-order valence-corrected chi connectivity index (χ1v) is 9.30. The van der Waals surface area contributed by atoms with E-state index < -0.39 is 10.2 Å². The lowest BCUT2D eigenvalue weighted by Crippen LogP contribution is -2.37. The average Bonchev–Trinajstić information content (AvgIpc) is 2.34. The summed E-state index contributed by atoms with van der Waals surface area (Å²) in [6, 6.07) is 0. The minimum atomic E-state index is -3.49. The van der Waals surface area contributed by atoms with Gasteiger partial charge >= 0.3 is 0 Å². The van der Waals surface area contributed by atoms with Gasteiger partial charge in [0.1, 0.15) is 0 Å². The first-order chi connectivity index (χ1) is 9.02. The van der Waals surface area contributed by atoms with Gasteiger partial charge in [0, 0.05) is 13.1 Å². The molecule has 0 saturated carbocycles. The minimum absolute atomic E-state index is 0.469. The second kappa shape index (κ2) is 11.7. The van der Waals surface area contributed by atoms with E-state index in [4.69, 9.17) is 5.14 Å². The first kappa shape index (κ1) is 18.9. The zero-order valence-corrected chi connectivity index (χ0v) is 13.6. The van der Waals surface area contributed by atoms with Crippen LogP contribution in [0, 0.1) is 0 Å². The number of rotatable bonds is 13. The van der Waals surface area contributed by atoms with Gasteiger partial charge in [-0.25, -0.2) is 5.14 Å². The summed E-state index contributed by atoms with van der Waals surface area (Å²) < 4.78 is 23.7. The van der Waals surface area contributed by atoms with Gasteiger partial charge in [0.15, 0.2) is 0 Å². The monoisotopic (exact) mass is 292 g/mol. The largest absolute Gasteiger partial charge is 0.276 e. The van der Waals surface area contributed by atoms with Gasteiger partial charge in [-0.2, -0.15) is 12.7 Å². The molecule has 0 aliphatic carbocycles. The summed E-state index contributed by atoms with van der Waals surface area (Å²) in [5.74, 6) is 0. The standard InChI is InChI=1S/C14H32N2O2S/c1-3-5-6-7-8-9-10-11-12-13-14-16(4-2)19(15,17)18/h3-14H2,1-2H3,(H2,15,17,18). The second-order valence-corrected chi connectivity index (χ2v) is 6.76. The van der Waals surface area contributed by atoms with Crippen molar-refractivity contribution in [2.45, 2.75) is 78.1 Å². The van der Waals surface area contributed by atoms with Crippen LogP contribution in [0.15, 0.2) is 0 Å². The van der Waals surface area contributed by atoms with E-state index in [1.165, 1.54) is 55.7 Å². The Kier molecular flexibility index (Phi) is 11.6. The molecule has 0 aromatic carbocycles. The predicted molar refractivity (Wildman–Crippen MR) is 82.2 cm³/mol. The van der Waals surface area contributed by atoms with Crippen molar-refractivity contribution >= 4 is 10.2 Å². The molecule has 0 bridgehead atoms. The van der Waals surface area contributed by atoms with Crippen LogP contribution < -0.4 is 5.14 Å². The Bertz CT molecular complexity index is 292. The summed E-state index contributed by atoms with van der Waals surface area (Å²) >= 11 is 0. The topological polar surface area (TPSA) is 63.4 Å². The van der Waals surface area contributed by atoms with E-state index >= 15 is 0 Å². The van der Waals surface area contributed by atoms with Crippen LogP contribution in [-0.4, -0.2) is 25.8 Å². The van der Waals surface area contributed by atoms with Crippen LogP contribution in [0.25, 0.3) is 0 Å². The Labute approximate surface area is 119 Å². The highest BCUT2D eigenvalue weighted by Crippen LogP contribution is 2.11. The SMILES string of the molecule is CCCCCCCCCCCCN(CC)S(N)(=O)=O. The molecule has 0 unspecified atom stereocenters. The summed E-state index contributed by atoms with van der Waals surface area (Å²) in [5.41, 5.74) is 0. The third-order valence-corrected chi connectivity index (χ3v) is 4.63. The van der Waals surface area contributed by atoms with E-state index in [1.807, 2.05) is 6.92 Å². The lowest BCUT2D eigenvalue weighted by atomic mass is 10.1. The Morgan fingerprint density at radius 3 is 1.58 bits per heavy atom. The minimum Gasteiger partial charge on any atom is -0.216 e. The molecule has 116 valence electrons. The first-order valence-electron chi connectivity index (χ1n) is 7.80. The molecule has 0 saturated heterocycles. The normalized spacial score (nSPS) is 12.2.